The fraction of sp³-hybridized carbons (Fsp3) is 0.653. The number of hydrogen-bond acceptors (Lipinski definition) is 3. The van der Waals surface area contributed by atoms with Gasteiger partial charge in [-0.2, -0.15) is 247 Å². The van der Waals surface area contributed by atoms with E-state index in [1.165, 1.54) is 77.5 Å². The van der Waals surface area contributed by atoms with Crippen molar-refractivity contribution < 1.29 is 229 Å². The molecule has 0 atom stereocenters. The molecule has 1 saturated heterocycles. The predicted octanol–water partition coefficient (Wildman–Crippen LogP) is 30.0. The predicted molar refractivity (Wildman–Crippen MR) is 457 cm³/mol. The first-order valence-corrected chi connectivity index (χ1v) is 37.1. The Morgan fingerprint density at radius 2 is 0.792 bits per heavy atom. The Bertz CT molecular complexity index is 1920. The minimum Gasteiger partial charge on any atom is -0.660 e. The summed E-state index contributed by atoms with van der Waals surface area (Å²) < 4.78 is 0. The molecule has 0 N–H and O–H groups in total. The standard InChI is InChI=1S/2C11H15.2C10H14N.C9H19N2.C9H17.C7H15.7C4H9.7Y/c2*1-11(2,3)9-10-7-5-4-6-8-10;1-10(2,3)7-9-5-4-6-11-8-9;1-10(2,3)8-9-6-4-5-7-11-9;1-9(2,3)8-11-6-4-10-5-7-11;1-5-6-7-8-9(2,3)4;1-5-6-7(2,3)4;7*1-4(2)3;;;;;;;/h4-5,7-8H,9H2,1-3H3;4-7H,9H2,1-3H3;5-6,8H,7H2,1-3H3;4-6H,8H2,1-3H3;4-8H2,1-3H3;5-6H,1,7-8H2,2-4H3;1,5-6H2,2-4H3;7*1-3H3;;;;;;;/q14*-1;;;;;;;/b;;;;;6-5-;;;;;;;;;;;;;;;. The molecular weight excluding hydrogens is 1820 g/mol. The molecule has 1 aliphatic rings. The van der Waals surface area contributed by atoms with Gasteiger partial charge in [0, 0.05) is 236 Å². The van der Waals surface area contributed by atoms with Crippen LogP contribution >= 0.6 is 0 Å². The summed E-state index contributed by atoms with van der Waals surface area (Å²) in [7, 11) is 0. The number of aromatic nitrogens is 2. The van der Waals surface area contributed by atoms with E-state index < -0.39 is 0 Å². The summed E-state index contributed by atoms with van der Waals surface area (Å²) in [6.07, 6.45) is 19.4. The summed E-state index contributed by atoms with van der Waals surface area (Å²) in [6.45, 7) is 104. The Morgan fingerprint density at radius 3 is 1.06 bits per heavy atom. The number of benzene rings is 2. The minimum atomic E-state index is 0. The van der Waals surface area contributed by atoms with E-state index in [-0.39, 0.29) is 229 Å². The van der Waals surface area contributed by atoms with Gasteiger partial charge in [0.15, 0.2) is 0 Å². The molecule has 0 spiro atoms. The summed E-state index contributed by atoms with van der Waals surface area (Å²) in [5.74, 6) is 9.92. The van der Waals surface area contributed by atoms with E-state index in [1.807, 2.05) is 60.8 Å². The van der Waals surface area contributed by atoms with E-state index >= 15 is 0 Å². The second kappa shape index (κ2) is 91.3. The number of allylic oxidation sites excluding steroid dienone is 2. The summed E-state index contributed by atoms with van der Waals surface area (Å²) in [5.41, 5.74) is 7.89. The molecule has 11 heteroatoms. The van der Waals surface area contributed by atoms with Crippen molar-refractivity contribution in [1.29, 1.82) is 0 Å². The molecule has 1 fully saturated rings. The molecule has 0 amide bonds. The van der Waals surface area contributed by atoms with Crippen molar-refractivity contribution >= 4 is 0 Å². The van der Waals surface area contributed by atoms with Gasteiger partial charge in [0.25, 0.3) is 0 Å². The Kier molecular flexibility index (Phi) is 127. The molecule has 0 aliphatic carbocycles. The molecule has 2 aromatic heterocycles. The van der Waals surface area contributed by atoms with Crippen molar-refractivity contribution in [3.63, 3.8) is 0 Å². The maximum Gasteiger partial charge on any atom is 0.00286 e. The van der Waals surface area contributed by atoms with Crippen molar-refractivity contribution in [2.24, 2.45) is 37.9 Å². The van der Waals surface area contributed by atoms with E-state index in [0.717, 1.165) is 70.4 Å². The number of rotatable bonds is 8. The summed E-state index contributed by atoms with van der Waals surface area (Å²) in [5, 5.41) is 4.32. The quantitative estimate of drug-likeness (QED) is 0.165. The van der Waals surface area contributed by atoms with Gasteiger partial charge >= 0.3 is 0 Å². The minimum absolute atomic E-state index is 0. The number of nitrogens with zero attached hydrogens (tertiary/aromatic N) is 4. The fourth-order valence-electron chi connectivity index (χ4n) is 6.97. The third-order valence-corrected chi connectivity index (χ3v) is 9.77. The van der Waals surface area contributed by atoms with Gasteiger partial charge in [-0.05, 0) is 57.4 Å². The average Bonchev–Trinajstić information content (AvgIpc) is 0.942. The van der Waals surface area contributed by atoms with Gasteiger partial charge in [0.1, 0.15) is 0 Å². The molecule has 5 rings (SSSR count). The van der Waals surface area contributed by atoms with Crippen LogP contribution in [0.2, 0.25) is 0 Å². The first-order valence-electron chi connectivity index (χ1n) is 37.1. The second-order valence-electron chi connectivity index (χ2n) is 38.0. The molecule has 0 unspecified atom stereocenters. The van der Waals surface area contributed by atoms with Crippen LogP contribution in [-0.2, 0) is 255 Å². The third-order valence-electron chi connectivity index (χ3n) is 9.77. The number of piperazine rings is 1. The molecule has 4 nitrogen and oxygen atoms in total. The maximum atomic E-state index is 4.32. The van der Waals surface area contributed by atoms with Crippen molar-refractivity contribution in [3.05, 3.63) is 205 Å². The fourth-order valence-corrected chi connectivity index (χ4v) is 6.97. The Labute approximate surface area is 848 Å². The van der Waals surface area contributed by atoms with Gasteiger partial charge in [0.05, 0.1) is 0 Å². The SMILES string of the molecule is CC(C)(C)CN1CC[N-]CC1.CC(C)(C)Cc1[c-]cccc1.CC(C)(C)Cc1c[c-]ccc1.CC(C)(C)Cc1c[c-]cnc1.CC(C)(C)Cc1ccc[c-]n1.C[C-](C)C.C[C-](C)C.C[C-](C)C.C[C-](C)C.C[C-](C)C.C[C-](C)C.C[C-](C)C.[CH2-]/C=C\CCC(C)(C)C.[CH2-]CCC(C)(C)C.[Y].[Y].[Y].[Y].[Y].[Y].[Y]. The molecule has 0 bridgehead atoms. The second-order valence-corrected chi connectivity index (χ2v) is 38.0. The largest absolute Gasteiger partial charge is 0.660 e. The molecule has 0 saturated carbocycles. The molecule has 607 valence electrons. The zero-order valence-electron chi connectivity index (χ0n) is 78.7. The van der Waals surface area contributed by atoms with Crippen molar-refractivity contribution in [2.45, 2.75) is 342 Å². The van der Waals surface area contributed by atoms with Crippen LogP contribution in [0.15, 0.2) is 97.3 Å². The van der Waals surface area contributed by atoms with Gasteiger partial charge in [0.2, 0.25) is 0 Å². The third kappa shape index (κ3) is 198. The van der Waals surface area contributed by atoms with Gasteiger partial charge in [-0.3, -0.25) is 0 Å². The topological polar surface area (TPSA) is 43.1 Å². The van der Waals surface area contributed by atoms with Crippen LogP contribution in [0.5, 0.6) is 0 Å². The van der Waals surface area contributed by atoms with E-state index in [1.54, 1.807) is 6.20 Å². The van der Waals surface area contributed by atoms with E-state index in [0.29, 0.717) is 37.9 Å². The van der Waals surface area contributed by atoms with Crippen LogP contribution in [0.1, 0.15) is 339 Å². The van der Waals surface area contributed by atoms with Crippen LogP contribution in [0.4, 0.5) is 0 Å². The van der Waals surface area contributed by atoms with Crippen molar-refractivity contribution in [3.8, 4) is 0 Å². The van der Waals surface area contributed by atoms with Crippen LogP contribution < -0.4 is 0 Å². The summed E-state index contributed by atoms with van der Waals surface area (Å²) in [4.78, 5) is 10.7. The van der Waals surface area contributed by atoms with Crippen LogP contribution in [-0.4, -0.2) is 47.6 Å². The normalized spacial score (nSPS) is 11.3. The number of pyridine rings is 2. The van der Waals surface area contributed by atoms with Crippen LogP contribution in [0, 0.1) is 118 Å². The average molecular weight is 1990 g/mol. The molecule has 7 radical (unpaired) electrons. The molecule has 1 aliphatic heterocycles. The van der Waals surface area contributed by atoms with Gasteiger partial charge in [-0.15, -0.1) is 19.5 Å². The summed E-state index contributed by atoms with van der Waals surface area (Å²) >= 11 is 0. The molecule has 2 aromatic carbocycles. The first-order chi connectivity index (χ1) is 44.6. The van der Waals surface area contributed by atoms with Gasteiger partial charge in [-0.25, -0.2) is 31.2 Å². The molecule has 4 aromatic rings. The smallest absolute Gasteiger partial charge is 0.00286 e. The zero-order valence-corrected chi connectivity index (χ0v) is 98.5. The van der Waals surface area contributed by atoms with Crippen molar-refractivity contribution in [2.75, 3.05) is 32.7 Å². The Hall–Kier alpha value is 4.00. The Morgan fingerprint density at radius 1 is 0.425 bits per heavy atom. The van der Waals surface area contributed by atoms with Gasteiger partial charge in [-0.1, -0.05) is 202 Å². The molecule has 106 heavy (non-hydrogen) atoms. The van der Waals surface area contributed by atoms with Crippen LogP contribution in [0.3, 0.4) is 0 Å². The molecular formula is C95H172N4Y7-14. The van der Waals surface area contributed by atoms with E-state index in [2.05, 4.69) is 380 Å². The monoisotopic (exact) mass is 1990 g/mol. The first kappa shape index (κ1) is 148. The summed E-state index contributed by atoms with van der Waals surface area (Å²) in [6, 6.07) is 33.5. The zero-order chi connectivity index (χ0) is 79.9. The van der Waals surface area contributed by atoms with E-state index in [9.17, 15) is 0 Å². The Balaban J connectivity index is -0.0000000597. The van der Waals surface area contributed by atoms with Crippen molar-refractivity contribution in [1.82, 2.24) is 14.9 Å². The number of hydrogen-bond donors (Lipinski definition) is 0. The molecule has 3 heterocycles. The van der Waals surface area contributed by atoms with Gasteiger partial charge < -0.3 is 68.5 Å². The van der Waals surface area contributed by atoms with E-state index in [4.69, 9.17) is 0 Å². The van der Waals surface area contributed by atoms with Crippen LogP contribution in [0.25, 0.3) is 5.32 Å². The maximum absolute atomic E-state index is 4.32.